The maximum atomic E-state index is 11.2. The van der Waals surface area contributed by atoms with E-state index >= 15 is 0 Å². The van der Waals surface area contributed by atoms with Crippen LogP contribution in [0.2, 0.25) is 11.5 Å². The SMILES string of the molecule is CCC[NH-].CCC[NH-].CCC[NH-].[C-]1=CC=CC1.[CH3][Ge]([CH3])[F].[Zr+4]. The molecule has 1 aliphatic rings. The summed E-state index contributed by atoms with van der Waals surface area (Å²) in [5.74, 6) is 3.33. The van der Waals surface area contributed by atoms with Crippen molar-refractivity contribution in [3.63, 3.8) is 0 Å². The van der Waals surface area contributed by atoms with Gasteiger partial charge in [0.1, 0.15) is 0 Å². The second-order valence-corrected chi connectivity index (χ2v) is 7.82. The molecular weight excluding hydrogens is 417 g/mol. The van der Waals surface area contributed by atoms with E-state index in [4.69, 9.17) is 17.2 Å². The van der Waals surface area contributed by atoms with E-state index in [0.29, 0.717) is 19.6 Å². The van der Waals surface area contributed by atoms with Crippen LogP contribution in [0.3, 0.4) is 0 Å². The summed E-state index contributed by atoms with van der Waals surface area (Å²) in [6, 6.07) is 0. The molecule has 1 radical (unpaired) electrons. The molecule has 1 rings (SSSR count). The minimum absolute atomic E-state index is 0. The van der Waals surface area contributed by atoms with Crippen LogP contribution < -0.4 is 0 Å². The average Bonchev–Trinajstić information content (AvgIpc) is 3.06. The molecule has 0 spiro atoms. The van der Waals surface area contributed by atoms with Crippen molar-refractivity contribution in [1.82, 2.24) is 0 Å². The van der Waals surface area contributed by atoms with Crippen molar-refractivity contribution in [1.29, 1.82) is 0 Å². The van der Waals surface area contributed by atoms with E-state index in [1.807, 2.05) is 32.9 Å². The van der Waals surface area contributed by atoms with Gasteiger partial charge in [-0.05, 0) is 0 Å². The predicted octanol–water partition coefficient (Wildman–Crippen LogP) is 6.86. The van der Waals surface area contributed by atoms with Gasteiger partial charge in [0, 0.05) is 0 Å². The Morgan fingerprint density at radius 1 is 0.955 bits per heavy atom. The summed E-state index contributed by atoms with van der Waals surface area (Å²) in [6.45, 7) is 7.69. The van der Waals surface area contributed by atoms with E-state index in [1.54, 1.807) is 11.5 Å². The summed E-state index contributed by atoms with van der Waals surface area (Å²) in [5.41, 5.74) is 19.4. The summed E-state index contributed by atoms with van der Waals surface area (Å²) in [7, 11) is 0. The molecule has 0 heterocycles. The van der Waals surface area contributed by atoms with E-state index in [0.717, 1.165) is 25.7 Å². The van der Waals surface area contributed by atoms with Crippen molar-refractivity contribution in [3.05, 3.63) is 41.5 Å². The van der Waals surface area contributed by atoms with Crippen molar-refractivity contribution in [2.75, 3.05) is 19.6 Å². The molecule has 0 atom stereocenters. The Morgan fingerprint density at radius 2 is 1.23 bits per heavy atom. The summed E-state index contributed by atoms with van der Waals surface area (Å²) in [6.07, 6.45) is 13.0. The molecular formula is C16H35FGeN3Zr. The topological polar surface area (TPSA) is 71.4 Å². The smallest absolute Gasteiger partial charge is 4.00 e. The Labute approximate surface area is 163 Å². The standard InChI is InChI=1S/C5H5.3C3H8N.C2H6FGe.Zr/c1-2-4-5-3-1;3*1-2-3-4;1-4(2)3;/h1-3H,4H2;3*4H,2-3H2,1H3;1-2H3;/q4*-1;;+4. The van der Waals surface area contributed by atoms with Crippen LogP contribution in [-0.4, -0.2) is 34.4 Å². The van der Waals surface area contributed by atoms with Crippen LogP contribution in [0.25, 0.3) is 17.2 Å². The van der Waals surface area contributed by atoms with E-state index < -0.39 is 14.8 Å². The average molecular weight is 452 g/mol. The van der Waals surface area contributed by atoms with Gasteiger partial charge in [-0.1, -0.05) is 40.0 Å². The third kappa shape index (κ3) is 106. The Morgan fingerprint density at radius 3 is 1.27 bits per heavy atom. The summed E-state index contributed by atoms with van der Waals surface area (Å²) < 4.78 is 11.2. The zero-order valence-electron chi connectivity index (χ0n) is 15.1. The van der Waals surface area contributed by atoms with Crippen LogP contribution in [0.4, 0.5) is 3.50 Å². The first-order valence-corrected chi connectivity index (χ1v) is 12.6. The van der Waals surface area contributed by atoms with E-state index in [1.165, 1.54) is 0 Å². The van der Waals surface area contributed by atoms with Gasteiger partial charge in [-0.15, -0.1) is 6.42 Å². The molecule has 0 unspecified atom stereocenters. The number of hydrogen-bond acceptors (Lipinski definition) is 0. The Kier molecular flexibility index (Phi) is 66.8. The van der Waals surface area contributed by atoms with Gasteiger partial charge in [-0.25, -0.2) is 12.2 Å². The van der Waals surface area contributed by atoms with E-state index in [2.05, 4.69) is 12.2 Å². The van der Waals surface area contributed by atoms with Crippen LogP contribution in [-0.2, 0) is 26.2 Å². The molecule has 22 heavy (non-hydrogen) atoms. The van der Waals surface area contributed by atoms with Crippen molar-refractivity contribution in [2.45, 2.75) is 58.0 Å². The van der Waals surface area contributed by atoms with Gasteiger partial charge in [0.15, 0.2) is 0 Å². The molecule has 3 N–H and O–H groups in total. The first-order valence-electron chi connectivity index (χ1n) is 7.59. The molecule has 0 saturated carbocycles. The predicted molar refractivity (Wildman–Crippen MR) is 98.6 cm³/mol. The van der Waals surface area contributed by atoms with Gasteiger partial charge in [0.05, 0.1) is 0 Å². The zero-order valence-corrected chi connectivity index (χ0v) is 19.6. The van der Waals surface area contributed by atoms with Gasteiger partial charge >= 0.3 is 56.0 Å². The van der Waals surface area contributed by atoms with Gasteiger partial charge in [-0.2, -0.15) is 25.7 Å². The second kappa shape index (κ2) is 43.0. The maximum Gasteiger partial charge on any atom is 4.00 e. The Balaban J connectivity index is -0.0000000544. The molecule has 3 nitrogen and oxygen atoms in total. The number of rotatable bonds is 3. The van der Waals surface area contributed by atoms with Gasteiger partial charge in [-0.3, -0.25) is 6.08 Å². The zero-order chi connectivity index (χ0) is 17.4. The van der Waals surface area contributed by atoms with Crippen molar-refractivity contribution >= 4 is 14.8 Å². The summed E-state index contributed by atoms with van der Waals surface area (Å²) in [4.78, 5) is 0. The Hall–Kier alpha value is 0.716. The van der Waals surface area contributed by atoms with E-state index in [-0.39, 0.29) is 26.2 Å². The first-order chi connectivity index (χ1) is 9.97. The molecule has 6 heteroatoms. The third-order valence-corrected chi connectivity index (χ3v) is 1.34. The van der Waals surface area contributed by atoms with Crippen LogP contribution in [0.1, 0.15) is 46.5 Å². The number of halogens is 1. The molecule has 0 fully saturated rings. The van der Waals surface area contributed by atoms with Gasteiger partial charge < -0.3 is 17.2 Å². The minimum Gasteiger partial charge on any atom is 4.00 e. The van der Waals surface area contributed by atoms with Crippen molar-refractivity contribution in [2.24, 2.45) is 0 Å². The molecule has 0 aromatic carbocycles. The fraction of sp³-hybridized carbons (Fsp3) is 0.750. The van der Waals surface area contributed by atoms with E-state index in [9.17, 15) is 3.50 Å². The second-order valence-electron chi connectivity index (χ2n) is 4.13. The molecule has 0 bridgehead atoms. The maximum absolute atomic E-state index is 11.2. The Bertz CT molecular complexity index is 164. The minimum atomic E-state index is -1.83. The molecule has 1 aliphatic carbocycles. The normalized spacial score (nSPS) is 9.73. The molecule has 129 valence electrons. The largest absolute Gasteiger partial charge is 4.00 e. The quantitative estimate of drug-likeness (QED) is 0.332. The van der Waals surface area contributed by atoms with Crippen LogP contribution >= 0.6 is 0 Å². The van der Waals surface area contributed by atoms with Crippen LogP contribution in [0.15, 0.2) is 18.2 Å². The molecule has 0 aliphatic heterocycles. The number of nitrogens with one attached hydrogen (secondary N) is 3. The number of hydrogen-bond donors (Lipinski definition) is 0. The molecule has 0 aromatic rings. The molecule has 0 aromatic heterocycles. The summed E-state index contributed by atoms with van der Waals surface area (Å²) in [5, 5.41) is 0. The van der Waals surface area contributed by atoms with Gasteiger partial charge in [0.2, 0.25) is 0 Å². The van der Waals surface area contributed by atoms with Crippen LogP contribution in [0.5, 0.6) is 0 Å². The fourth-order valence-electron chi connectivity index (χ4n) is 0.340. The third-order valence-electron chi connectivity index (χ3n) is 1.34. The summed E-state index contributed by atoms with van der Waals surface area (Å²) >= 11 is -1.83. The first kappa shape index (κ1) is 34.1. The number of allylic oxidation sites excluding steroid dienone is 4. The van der Waals surface area contributed by atoms with Crippen molar-refractivity contribution < 1.29 is 29.7 Å². The van der Waals surface area contributed by atoms with Crippen molar-refractivity contribution in [3.8, 4) is 0 Å². The molecule has 0 amide bonds. The monoisotopic (exact) mass is 452 g/mol. The van der Waals surface area contributed by atoms with Gasteiger partial charge in [0.25, 0.3) is 0 Å². The molecule has 0 saturated heterocycles. The fourth-order valence-corrected chi connectivity index (χ4v) is 0.340. The van der Waals surface area contributed by atoms with Crippen LogP contribution in [0, 0.1) is 6.08 Å².